The topological polar surface area (TPSA) is 142 Å². The molecule has 4 aliphatic rings. The highest BCUT2D eigenvalue weighted by Gasteiger charge is 2.76. The molecule has 2 heterocycles. The summed E-state index contributed by atoms with van der Waals surface area (Å²) in [5.41, 5.74) is 0.973. The number of amides is 4. The van der Waals surface area contributed by atoms with Crippen molar-refractivity contribution in [3.63, 3.8) is 0 Å². The van der Waals surface area contributed by atoms with E-state index in [9.17, 15) is 29.1 Å². The average Bonchev–Trinajstić information content (AvgIpc) is 3.23. The molecule has 6 atom stereocenters. The van der Waals surface area contributed by atoms with E-state index < -0.39 is 63.0 Å². The third kappa shape index (κ3) is 3.81. The second-order valence-corrected chi connectivity index (χ2v) is 13.3. The van der Waals surface area contributed by atoms with Gasteiger partial charge in [-0.3, -0.25) is 33.8 Å². The number of rotatable bonds is 6. The Morgan fingerprint density at radius 3 is 2.42 bits per heavy atom. The van der Waals surface area contributed by atoms with Crippen molar-refractivity contribution in [2.24, 2.45) is 17.8 Å². The maximum atomic E-state index is 13.7. The van der Waals surface area contributed by atoms with Crippen LogP contribution in [0.15, 0.2) is 26.7 Å². The van der Waals surface area contributed by atoms with Crippen molar-refractivity contribution in [3.05, 3.63) is 32.2 Å². The summed E-state index contributed by atoms with van der Waals surface area (Å²) in [7, 11) is 2.65. The summed E-state index contributed by atoms with van der Waals surface area (Å²) in [5, 5.41) is 19.6. The van der Waals surface area contributed by atoms with E-state index in [1.165, 1.54) is 20.2 Å². The molecule has 214 valence electrons. The van der Waals surface area contributed by atoms with E-state index in [1.807, 2.05) is 0 Å². The lowest BCUT2D eigenvalue weighted by atomic mass is 9.56. The van der Waals surface area contributed by atoms with Crippen molar-refractivity contribution < 1.29 is 38.9 Å². The van der Waals surface area contributed by atoms with E-state index in [2.05, 4.69) is 31.9 Å². The molecule has 2 aliphatic heterocycles. The Morgan fingerprint density at radius 1 is 1.12 bits per heavy atom. The zero-order chi connectivity index (χ0) is 29.5. The zero-order valence-electron chi connectivity index (χ0n) is 21.2. The van der Waals surface area contributed by atoms with Gasteiger partial charge >= 0.3 is 5.97 Å². The first-order valence-electron chi connectivity index (χ1n) is 12.4. The van der Waals surface area contributed by atoms with Crippen molar-refractivity contribution in [2.45, 2.75) is 41.3 Å². The number of carbonyl (C=O) groups excluding carboxylic acids is 4. The predicted octanol–water partition coefficient (Wildman–Crippen LogP) is 3.78. The number of benzene rings is 1. The van der Waals surface area contributed by atoms with Gasteiger partial charge in [-0.05, 0) is 68.7 Å². The van der Waals surface area contributed by atoms with E-state index in [0.29, 0.717) is 15.6 Å². The largest absolute Gasteiger partial charge is 0.503 e. The number of phenols is 1. The van der Waals surface area contributed by atoms with Crippen LogP contribution in [0, 0.1) is 17.8 Å². The number of alkyl halides is 2. The summed E-state index contributed by atoms with van der Waals surface area (Å²) in [5.74, 6) is -6.81. The fraction of sp³-hybridized carbons (Fsp3) is 0.500. The number of imide groups is 2. The van der Waals surface area contributed by atoms with Crippen molar-refractivity contribution in [2.75, 3.05) is 20.7 Å². The minimum absolute atomic E-state index is 0.0400. The molecule has 2 saturated heterocycles. The van der Waals surface area contributed by atoms with Gasteiger partial charge in [-0.2, -0.15) is 0 Å². The molecule has 0 spiro atoms. The number of aromatic hydroxyl groups is 1. The molecule has 14 heteroatoms. The number of ether oxygens (including phenoxy) is 1. The molecule has 2 aliphatic carbocycles. The van der Waals surface area contributed by atoms with Gasteiger partial charge in [-0.15, -0.1) is 23.2 Å². The maximum Gasteiger partial charge on any atom is 0.303 e. The van der Waals surface area contributed by atoms with Crippen LogP contribution < -0.4 is 4.74 Å². The van der Waals surface area contributed by atoms with E-state index >= 15 is 0 Å². The maximum absolute atomic E-state index is 13.7. The smallest absolute Gasteiger partial charge is 0.303 e. The molecule has 1 aromatic rings. The standard InChI is InChI=1S/C26H24Br2Cl2N2O8/c1-31-23(38)25(29)9-13-10(5-6-11-16(13)22(37)32(21(11)36)7-3-4-15(33)34)17(26(25,30)24(31)39)12-8-14(40-2)20(35)19(28)18(12)27/h5,8,11,13,16-17,35H,3-4,6-7,9H2,1-2H3,(H,33,34)/t11-,13+,16-,17+,25+,26-/m0/s1. The predicted molar refractivity (Wildman–Crippen MR) is 149 cm³/mol. The summed E-state index contributed by atoms with van der Waals surface area (Å²) in [6.45, 7) is -0.0400. The highest BCUT2D eigenvalue weighted by Crippen LogP contribution is 2.66. The summed E-state index contributed by atoms with van der Waals surface area (Å²) in [4.78, 5) is 63.3. The lowest BCUT2D eigenvalue weighted by Gasteiger charge is -2.51. The zero-order valence-corrected chi connectivity index (χ0v) is 25.9. The number of allylic oxidation sites excluding steroid dienone is 2. The first-order valence-corrected chi connectivity index (χ1v) is 14.8. The molecule has 2 N–H and O–H groups in total. The number of carboxylic acids is 1. The molecule has 5 rings (SSSR count). The van der Waals surface area contributed by atoms with Gasteiger partial charge in [0, 0.05) is 30.4 Å². The fourth-order valence-corrected chi connectivity index (χ4v) is 8.71. The third-order valence-corrected chi connectivity index (χ3v) is 12.2. The van der Waals surface area contributed by atoms with Crippen LogP contribution in [0.5, 0.6) is 11.5 Å². The van der Waals surface area contributed by atoms with Gasteiger partial charge in [0.15, 0.2) is 21.2 Å². The summed E-state index contributed by atoms with van der Waals surface area (Å²) in [6, 6.07) is 1.50. The lowest BCUT2D eigenvalue weighted by Crippen LogP contribution is -2.60. The molecule has 1 saturated carbocycles. The minimum Gasteiger partial charge on any atom is -0.503 e. The lowest BCUT2D eigenvalue weighted by molar-refractivity contribution is -0.142. The van der Waals surface area contributed by atoms with E-state index in [0.717, 1.165) is 9.80 Å². The van der Waals surface area contributed by atoms with E-state index in [4.69, 9.17) is 33.0 Å². The Bertz CT molecular complexity index is 1420. The highest BCUT2D eigenvalue weighted by atomic mass is 79.9. The van der Waals surface area contributed by atoms with Gasteiger partial charge in [0.25, 0.3) is 11.8 Å². The van der Waals surface area contributed by atoms with Crippen molar-refractivity contribution in [3.8, 4) is 11.5 Å². The summed E-state index contributed by atoms with van der Waals surface area (Å²) >= 11 is 21.1. The van der Waals surface area contributed by atoms with Crippen LogP contribution in [-0.2, 0) is 24.0 Å². The first kappa shape index (κ1) is 29.3. The summed E-state index contributed by atoms with van der Waals surface area (Å²) in [6.07, 6.45) is 1.72. The SMILES string of the molecule is COc1cc([C@H]2C3=CC[C@@H]4C(=O)N(CCCC(=O)O)C(=O)[C@@H]4[C@@H]3C[C@@]3(Cl)C(=O)N(C)C(=O)[C@@]23Cl)c(Br)c(Br)c1O. The van der Waals surface area contributed by atoms with Crippen molar-refractivity contribution >= 4 is 84.7 Å². The van der Waals surface area contributed by atoms with Crippen LogP contribution >= 0.6 is 55.1 Å². The molecule has 1 aromatic carbocycles. The molecule has 0 bridgehead atoms. The van der Waals surface area contributed by atoms with Crippen LogP contribution in [0.3, 0.4) is 0 Å². The molecule has 40 heavy (non-hydrogen) atoms. The molecular weight excluding hydrogens is 699 g/mol. The van der Waals surface area contributed by atoms with E-state index in [-0.39, 0.29) is 48.2 Å². The molecular formula is C26H24Br2Cl2N2O8. The van der Waals surface area contributed by atoms with Crippen LogP contribution in [0.4, 0.5) is 0 Å². The quantitative estimate of drug-likeness (QED) is 0.257. The number of carbonyl (C=O) groups is 5. The normalized spacial score (nSPS) is 33.1. The monoisotopic (exact) mass is 720 g/mol. The number of methoxy groups -OCH3 is 1. The number of hydrogen-bond donors (Lipinski definition) is 2. The second-order valence-electron chi connectivity index (χ2n) is 10.5. The van der Waals surface area contributed by atoms with E-state index in [1.54, 1.807) is 6.08 Å². The molecule has 0 unspecified atom stereocenters. The van der Waals surface area contributed by atoms with Gasteiger partial charge in [0.2, 0.25) is 11.8 Å². The molecule has 0 aromatic heterocycles. The Kier molecular flexibility index (Phi) is 7.33. The number of halogens is 4. The van der Waals surface area contributed by atoms with Crippen molar-refractivity contribution in [1.29, 1.82) is 0 Å². The van der Waals surface area contributed by atoms with Gasteiger partial charge in [-0.25, -0.2) is 0 Å². The average molecular weight is 723 g/mol. The minimum atomic E-state index is -1.99. The Morgan fingerprint density at radius 2 is 1.80 bits per heavy atom. The number of carboxylic acid groups (broad SMARTS) is 1. The van der Waals surface area contributed by atoms with Crippen LogP contribution in [-0.4, -0.2) is 80.1 Å². The van der Waals surface area contributed by atoms with Gasteiger partial charge in [0.1, 0.15) is 0 Å². The van der Waals surface area contributed by atoms with Gasteiger partial charge in [0.05, 0.1) is 23.4 Å². The van der Waals surface area contributed by atoms with Crippen molar-refractivity contribution in [1.82, 2.24) is 9.80 Å². The fourth-order valence-electron chi connectivity index (χ4n) is 6.74. The van der Waals surface area contributed by atoms with Gasteiger partial charge in [-0.1, -0.05) is 11.6 Å². The number of phenolic OH excluding ortho intramolecular Hbond substituents is 1. The highest BCUT2D eigenvalue weighted by molar-refractivity contribution is 9.13. The molecule has 3 fully saturated rings. The third-order valence-electron chi connectivity index (χ3n) is 8.58. The molecule has 4 amide bonds. The number of aliphatic carboxylic acids is 1. The van der Waals surface area contributed by atoms with Crippen LogP contribution in [0.25, 0.3) is 0 Å². The van der Waals surface area contributed by atoms with Gasteiger partial charge < -0.3 is 14.9 Å². The Labute approximate surface area is 255 Å². The van der Waals surface area contributed by atoms with Crippen LogP contribution in [0.1, 0.15) is 37.2 Å². The summed E-state index contributed by atoms with van der Waals surface area (Å²) < 4.78 is 5.92. The number of likely N-dealkylation sites (tertiary alicyclic amines) is 2. The first-order chi connectivity index (χ1) is 18.7. The molecule has 0 radical (unpaired) electrons. The Hall–Kier alpha value is -2.15. The van der Waals surface area contributed by atoms with Crippen LogP contribution in [0.2, 0.25) is 0 Å². The number of nitrogens with zero attached hydrogens (tertiary/aromatic N) is 2. The Balaban J connectivity index is 1.68. The molecule has 10 nitrogen and oxygen atoms in total. The second kappa shape index (κ2) is 9.99. The number of fused-ring (bicyclic) bond motifs is 4. The number of hydrogen-bond acceptors (Lipinski definition) is 7.